The summed E-state index contributed by atoms with van der Waals surface area (Å²) in [5, 5.41) is 9.65. The third-order valence-electron chi connectivity index (χ3n) is 2.87. The molecule has 0 bridgehead atoms. The molecule has 4 nitrogen and oxygen atoms in total. The Bertz CT molecular complexity index is 503. The monoisotopic (exact) mass is 248 g/mol. The first-order valence-corrected chi connectivity index (χ1v) is 5.82. The lowest BCUT2D eigenvalue weighted by Crippen LogP contribution is -2.30. The molecule has 0 radical (unpaired) electrons. The second-order valence-electron chi connectivity index (χ2n) is 4.52. The molecular weight excluding hydrogens is 232 g/mol. The fourth-order valence-electron chi connectivity index (χ4n) is 1.81. The van der Waals surface area contributed by atoms with E-state index in [1.165, 1.54) is 7.11 Å². The highest BCUT2D eigenvalue weighted by Gasteiger charge is 2.25. The van der Waals surface area contributed by atoms with Gasteiger partial charge >= 0.3 is 0 Å². The minimum Gasteiger partial charge on any atom is -0.504 e. The van der Waals surface area contributed by atoms with Crippen molar-refractivity contribution in [3.63, 3.8) is 0 Å². The van der Waals surface area contributed by atoms with Gasteiger partial charge in [0.2, 0.25) is 0 Å². The van der Waals surface area contributed by atoms with Crippen molar-refractivity contribution >= 4 is 11.9 Å². The molecule has 4 heteroatoms. The number of ether oxygens (including phenoxy) is 2. The first-order valence-electron chi connectivity index (χ1n) is 5.82. The zero-order chi connectivity index (χ0) is 13.3. The maximum Gasteiger partial charge on any atom is 0.179 e. The van der Waals surface area contributed by atoms with Gasteiger partial charge in [-0.15, -0.1) is 0 Å². The summed E-state index contributed by atoms with van der Waals surface area (Å²) >= 11 is 0. The number of phenolic OH excluding ortho intramolecular Hbond substituents is 1. The zero-order valence-electron chi connectivity index (χ0n) is 10.6. The second-order valence-corrected chi connectivity index (χ2v) is 4.52. The molecule has 0 amide bonds. The van der Waals surface area contributed by atoms with Crippen LogP contribution in [0.4, 0.5) is 0 Å². The Hall–Kier alpha value is -1.97. The molecule has 1 unspecified atom stereocenters. The van der Waals surface area contributed by atoms with E-state index in [1.54, 1.807) is 24.3 Å². The molecule has 0 saturated heterocycles. The smallest absolute Gasteiger partial charge is 0.179 e. The number of ketones is 1. The summed E-state index contributed by atoms with van der Waals surface area (Å²) in [5.74, 6) is 0.883. The molecule has 1 aliphatic heterocycles. The van der Waals surface area contributed by atoms with Crippen molar-refractivity contribution in [2.24, 2.45) is 5.92 Å². The average molecular weight is 248 g/mol. The van der Waals surface area contributed by atoms with Crippen LogP contribution in [0.3, 0.4) is 0 Å². The quantitative estimate of drug-likeness (QED) is 0.892. The van der Waals surface area contributed by atoms with Crippen molar-refractivity contribution in [2.45, 2.75) is 20.0 Å². The van der Waals surface area contributed by atoms with Gasteiger partial charge in [0.1, 0.15) is 5.75 Å². The van der Waals surface area contributed by atoms with Crippen molar-refractivity contribution in [1.82, 2.24) is 0 Å². The first-order chi connectivity index (χ1) is 8.52. The molecule has 1 atom stereocenters. The Kier molecular flexibility index (Phi) is 3.28. The highest BCUT2D eigenvalue weighted by molar-refractivity contribution is 5.89. The van der Waals surface area contributed by atoms with Crippen LogP contribution in [0, 0.1) is 5.92 Å². The number of methoxy groups -OCH3 is 1. The predicted octanol–water partition coefficient (Wildman–Crippen LogP) is 2.40. The van der Waals surface area contributed by atoms with Gasteiger partial charge in [0.05, 0.1) is 7.11 Å². The van der Waals surface area contributed by atoms with Gasteiger partial charge in [0, 0.05) is 17.5 Å². The number of phenols is 1. The van der Waals surface area contributed by atoms with E-state index in [9.17, 15) is 9.90 Å². The number of hydrogen-bond acceptors (Lipinski definition) is 4. The summed E-state index contributed by atoms with van der Waals surface area (Å²) < 4.78 is 10.6. The number of benzene rings is 1. The first kappa shape index (κ1) is 12.5. The maximum absolute atomic E-state index is 11.9. The molecule has 1 heterocycles. The van der Waals surface area contributed by atoms with Crippen LogP contribution in [0.25, 0.3) is 6.08 Å². The van der Waals surface area contributed by atoms with Crippen LogP contribution in [0.1, 0.15) is 19.4 Å². The van der Waals surface area contributed by atoms with Gasteiger partial charge in [-0.1, -0.05) is 19.9 Å². The number of carbonyl (C=O) groups is 1. The molecule has 18 heavy (non-hydrogen) atoms. The van der Waals surface area contributed by atoms with Crippen molar-refractivity contribution in [3.05, 3.63) is 23.8 Å². The van der Waals surface area contributed by atoms with E-state index in [0.29, 0.717) is 11.5 Å². The van der Waals surface area contributed by atoms with Gasteiger partial charge < -0.3 is 14.6 Å². The fourth-order valence-corrected chi connectivity index (χ4v) is 1.81. The van der Waals surface area contributed by atoms with Crippen molar-refractivity contribution in [2.75, 3.05) is 7.11 Å². The molecule has 1 N–H and O–H groups in total. The number of hydrogen-bond donors (Lipinski definition) is 1. The molecule has 0 spiro atoms. The number of Topliss-reactive ketones (excluding diaryl/α,β-unsaturated/α-hetero) is 1. The molecular formula is C14H16O4. The standard InChI is InChI=1S/C14H16O4/c1-8(2)14(16)11-5-4-9-6-10(15)13(17-3)7-12(9)18-11/h4-8,11,15H,1-3H3. The summed E-state index contributed by atoms with van der Waals surface area (Å²) in [6.45, 7) is 3.68. The fraction of sp³-hybridized carbons (Fsp3) is 0.357. The number of carbonyl (C=O) groups excluding carboxylic acids is 1. The number of fused-ring (bicyclic) bond motifs is 1. The van der Waals surface area contributed by atoms with Gasteiger partial charge in [-0.2, -0.15) is 0 Å². The topological polar surface area (TPSA) is 55.8 Å². The van der Waals surface area contributed by atoms with E-state index in [1.807, 2.05) is 13.8 Å². The van der Waals surface area contributed by atoms with Crippen molar-refractivity contribution in [3.8, 4) is 17.2 Å². The van der Waals surface area contributed by atoms with Crippen molar-refractivity contribution in [1.29, 1.82) is 0 Å². The molecule has 1 aromatic carbocycles. The minimum absolute atomic E-state index is 0.0314. The third kappa shape index (κ3) is 2.18. The van der Waals surface area contributed by atoms with Gasteiger partial charge in [-0.25, -0.2) is 0 Å². The van der Waals surface area contributed by atoms with Crippen LogP contribution >= 0.6 is 0 Å². The van der Waals surface area contributed by atoms with Crippen molar-refractivity contribution < 1.29 is 19.4 Å². The summed E-state index contributed by atoms with van der Waals surface area (Å²) in [5.41, 5.74) is 0.737. The Morgan fingerprint density at radius 1 is 1.44 bits per heavy atom. The van der Waals surface area contributed by atoms with Crippen LogP contribution in [-0.2, 0) is 4.79 Å². The van der Waals surface area contributed by atoms with E-state index in [4.69, 9.17) is 9.47 Å². The Morgan fingerprint density at radius 3 is 2.78 bits per heavy atom. The summed E-state index contributed by atoms with van der Waals surface area (Å²) in [7, 11) is 1.47. The van der Waals surface area contributed by atoms with Gasteiger partial charge in [-0.3, -0.25) is 4.79 Å². The van der Waals surface area contributed by atoms with E-state index >= 15 is 0 Å². The van der Waals surface area contributed by atoms with Crippen LogP contribution in [0.5, 0.6) is 17.2 Å². The lowest BCUT2D eigenvalue weighted by Gasteiger charge is -2.22. The summed E-state index contributed by atoms with van der Waals surface area (Å²) in [4.78, 5) is 11.9. The van der Waals surface area contributed by atoms with E-state index in [2.05, 4.69) is 0 Å². The normalized spacial score (nSPS) is 17.2. The molecule has 0 aliphatic carbocycles. The number of aromatic hydroxyl groups is 1. The molecule has 2 rings (SSSR count). The average Bonchev–Trinajstić information content (AvgIpc) is 2.36. The lowest BCUT2D eigenvalue weighted by atomic mass is 10.0. The van der Waals surface area contributed by atoms with Gasteiger partial charge in [0.15, 0.2) is 23.4 Å². The Labute approximate surface area is 106 Å². The van der Waals surface area contributed by atoms with E-state index < -0.39 is 6.10 Å². The zero-order valence-corrected chi connectivity index (χ0v) is 10.6. The largest absolute Gasteiger partial charge is 0.504 e. The molecule has 0 fully saturated rings. The lowest BCUT2D eigenvalue weighted by molar-refractivity contribution is -0.126. The second kappa shape index (κ2) is 4.72. The van der Waals surface area contributed by atoms with Crippen LogP contribution in [0.15, 0.2) is 18.2 Å². The molecule has 1 aliphatic rings. The minimum atomic E-state index is -0.563. The highest BCUT2D eigenvalue weighted by atomic mass is 16.5. The maximum atomic E-state index is 11.9. The van der Waals surface area contributed by atoms with Gasteiger partial charge in [0.25, 0.3) is 0 Å². The Balaban J connectivity index is 2.32. The highest BCUT2D eigenvalue weighted by Crippen LogP contribution is 2.37. The molecule has 0 saturated carbocycles. The van der Waals surface area contributed by atoms with Crippen LogP contribution in [0.2, 0.25) is 0 Å². The van der Waals surface area contributed by atoms with E-state index in [0.717, 1.165) is 5.56 Å². The summed E-state index contributed by atoms with van der Waals surface area (Å²) in [6.07, 6.45) is 2.92. The molecule has 1 aromatic rings. The number of rotatable bonds is 3. The summed E-state index contributed by atoms with van der Waals surface area (Å²) in [6, 6.07) is 3.15. The molecule has 0 aromatic heterocycles. The van der Waals surface area contributed by atoms with Crippen LogP contribution < -0.4 is 9.47 Å². The van der Waals surface area contributed by atoms with Crippen LogP contribution in [-0.4, -0.2) is 24.1 Å². The molecule has 96 valence electrons. The Morgan fingerprint density at radius 2 is 2.17 bits per heavy atom. The SMILES string of the molecule is COc1cc2c(cc1O)C=CC(C(=O)C(C)C)O2. The third-order valence-corrected chi connectivity index (χ3v) is 2.87. The van der Waals surface area contributed by atoms with Gasteiger partial charge in [-0.05, 0) is 12.1 Å². The predicted molar refractivity (Wildman–Crippen MR) is 68.0 cm³/mol. The van der Waals surface area contributed by atoms with E-state index in [-0.39, 0.29) is 17.5 Å².